The first-order valence-electron chi connectivity index (χ1n) is 10.3. The average molecular weight is 430 g/mol. The molecule has 1 aliphatic rings. The zero-order valence-electron chi connectivity index (χ0n) is 17.3. The highest BCUT2D eigenvalue weighted by Gasteiger charge is 2.39. The normalized spacial score (nSPS) is 17.3. The molecule has 0 saturated carbocycles. The third-order valence-electron chi connectivity index (χ3n) is 5.45. The van der Waals surface area contributed by atoms with Crippen molar-refractivity contribution in [3.63, 3.8) is 0 Å². The Bertz CT molecular complexity index is 905. The van der Waals surface area contributed by atoms with Gasteiger partial charge in [-0.15, -0.1) is 11.3 Å². The molecule has 0 radical (unpaired) electrons. The first-order valence-corrected chi connectivity index (χ1v) is 11.1. The van der Waals surface area contributed by atoms with Gasteiger partial charge in [-0.25, -0.2) is 4.79 Å². The van der Waals surface area contributed by atoms with Gasteiger partial charge in [-0.05, 0) is 49.2 Å². The zero-order valence-corrected chi connectivity index (χ0v) is 18.1. The molecule has 1 N–H and O–H groups in total. The second-order valence-corrected chi connectivity index (χ2v) is 8.58. The lowest BCUT2D eigenvalue weighted by molar-refractivity contribution is -0.117. The number of carbonyl (C=O) groups excluding carboxylic acids is 2. The molecular weight excluding hydrogens is 402 g/mol. The van der Waals surface area contributed by atoms with Crippen molar-refractivity contribution in [2.24, 2.45) is 0 Å². The maximum Gasteiger partial charge on any atom is 0.345 e. The third kappa shape index (κ3) is 4.79. The summed E-state index contributed by atoms with van der Waals surface area (Å²) in [6.07, 6.45) is 4.15. The molecule has 0 spiro atoms. The maximum atomic E-state index is 12.7. The second kappa shape index (κ2) is 10.00. The van der Waals surface area contributed by atoms with E-state index in [4.69, 9.17) is 4.74 Å². The van der Waals surface area contributed by atoms with Gasteiger partial charge in [0.05, 0.1) is 6.04 Å². The highest BCUT2D eigenvalue weighted by Crippen LogP contribution is 2.38. The van der Waals surface area contributed by atoms with Crippen molar-refractivity contribution in [1.29, 1.82) is 0 Å². The van der Waals surface area contributed by atoms with Crippen molar-refractivity contribution in [3.05, 3.63) is 51.7 Å². The number of ketones is 1. The van der Waals surface area contributed by atoms with Crippen molar-refractivity contribution < 1.29 is 24.2 Å². The summed E-state index contributed by atoms with van der Waals surface area (Å²) in [5.41, 5.74) is 1.38. The molecule has 0 bridgehead atoms. The molecule has 1 aromatic carbocycles. The molecule has 3 rings (SSSR count). The minimum atomic E-state index is -0.973. The number of amides is 1. The van der Waals surface area contributed by atoms with Gasteiger partial charge < -0.3 is 14.7 Å². The summed E-state index contributed by atoms with van der Waals surface area (Å²) in [5.74, 6) is -0.854. The number of hydrogen-bond acceptors (Lipinski definition) is 5. The Morgan fingerprint density at radius 1 is 1.20 bits per heavy atom. The number of unbranched alkanes of at least 4 members (excludes halogenated alkanes) is 2. The topological polar surface area (TPSA) is 83.9 Å². The Labute approximate surface area is 180 Å². The number of anilines is 1. The predicted octanol–water partition coefficient (Wildman–Crippen LogP) is 5.09. The van der Waals surface area contributed by atoms with E-state index >= 15 is 0 Å². The molecule has 2 aromatic rings. The van der Waals surface area contributed by atoms with E-state index in [1.165, 1.54) is 11.3 Å². The number of aromatic carboxylic acids is 1. The first-order chi connectivity index (χ1) is 14.5. The van der Waals surface area contributed by atoms with Gasteiger partial charge in [0.2, 0.25) is 5.91 Å². The van der Waals surface area contributed by atoms with Gasteiger partial charge in [0, 0.05) is 36.1 Å². The molecule has 2 heterocycles. The number of thiophene rings is 1. The molecule has 1 aromatic heterocycles. The summed E-state index contributed by atoms with van der Waals surface area (Å²) in [5, 5.41) is 9.21. The number of carbonyl (C=O) groups is 3. The molecule has 30 heavy (non-hydrogen) atoms. The lowest BCUT2D eigenvalue weighted by Crippen LogP contribution is -2.37. The largest absolute Gasteiger partial charge is 0.477 e. The Balaban J connectivity index is 1.79. The molecule has 1 unspecified atom stereocenters. The fraction of sp³-hybridized carbons (Fsp3) is 0.435. The molecular formula is C23H27NO5S. The Hall–Kier alpha value is -2.51. The highest BCUT2D eigenvalue weighted by atomic mass is 32.1. The third-order valence-corrected chi connectivity index (χ3v) is 6.59. The van der Waals surface area contributed by atoms with Crippen LogP contribution in [0.25, 0.3) is 0 Å². The van der Waals surface area contributed by atoms with Gasteiger partial charge in [-0.3, -0.25) is 9.59 Å². The number of methoxy groups -OCH3 is 1. The minimum absolute atomic E-state index is 0.000846. The monoisotopic (exact) mass is 429 g/mol. The van der Waals surface area contributed by atoms with E-state index in [0.717, 1.165) is 29.8 Å². The van der Waals surface area contributed by atoms with E-state index < -0.39 is 12.1 Å². The molecule has 1 aliphatic heterocycles. The summed E-state index contributed by atoms with van der Waals surface area (Å²) < 4.78 is 5.70. The van der Waals surface area contributed by atoms with E-state index in [0.29, 0.717) is 24.8 Å². The van der Waals surface area contributed by atoms with Crippen LogP contribution in [-0.2, 0) is 9.53 Å². The summed E-state index contributed by atoms with van der Waals surface area (Å²) in [6.45, 7) is 2.11. The average Bonchev–Trinajstić information content (AvgIpc) is 3.37. The van der Waals surface area contributed by atoms with Crippen LogP contribution in [0.2, 0.25) is 0 Å². The van der Waals surface area contributed by atoms with E-state index in [1.54, 1.807) is 36.3 Å². The lowest BCUT2D eigenvalue weighted by atomic mass is 10.0. The summed E-state index contributed by atoms with van der Waals surface area (Å²) >= 11 is 1.17. The van der Waals surface area contributed by atoms with Gasteiger partial charge >= 0.3 is 5.97 Å². The molecule has 0 aliphatic carbocycles. The first kappa shape index (κ1) is 22.2. The molecule has 7 heteroatoms. The van der Waals surface area contributed by atoms with Crippen LogP contribution in [0, 0.1) is 0 Å². The number of carboxylic acid groups (broad SMARTS) is 1. The number of ether oxygens (including phenoxy) is 1. The predicted molar refractivity (Wildman–Crippen MR) is 116 cm³/mol. The standard InChI is InChI=1S/C23H27NO5S/c1-3-4-5-6-18(25)15-7-9-16(10-8-15)24-17(11-14-21(24)26)22(29-2)19-12-13-20(30-19)23(27)28/h7-10,12-13,17,22H,3-6,11,14H2,1-2H3,(H,27,28)/t17?,22-/m1/s1. The SMILES string of the molecule is CCCCCC(=O)c1ccc(N2C(=O)CCC2[C@@H](OC)c2ccc(C(=O)O)s2)cc1. The molecule has 1 saturated heterocycles. The van der Waals surface area contributed by atoms with Crippen LogP contribution >= 0.6 is 11.3 Å². The van der Waals surface area contributed by atoms with Crippen molar-refractivity contribution >= 4 is 34.7 Å². The number of Topliss-reactive ketones (excluding diaryl/α,β-unsaturated/α-hetero) is 1. The van der Waals surface area contributed by atoms with Crippen LogP contribution in [0.5, 0.6) is 0 Å². The number of nitrogens with zero attached hydrogens (tertiary/aromatic N) is 1. The van der Waals surface area contributed by atoms with Crippen LogP contribution in [0.3, 0.4) is 0 Å². The quantitative estimate of drug-likeness (QED) is 0.420. The van der Waals surface area contributed by atoms with Crippen molar-refractivity contribution in [1.82, 2.24) is 0 Å². The Kier molecular flexibility index (Phi) is 7.39. The smallest absolute Gasteiger partial charge is 0.345 e. The molecule has 6 nitrogen and oxygen atoms in total. The van der Waals surface area contributed by atoms with Crippen LogP contribution in [-0.4, -0.2) is 35.9 Å². The summed E-state index contributed by atoms with van der Waals surface area (Å²) in [7, 11) is 1.57. The zero-order chi connectivity index (χ0) is 21.7. The van der Waals surface area contributed by atoms with E-state index in [1.807, 2.05) is 12.1 Å². The fourth-order valence-corrected chi connectivity index (χ4v) is 4.88. The molecule has 1 amide bonds. The second-order valence-electron chi connectivity index (χ2n) is 7.46. The van der Waals surface area contributed by atoms with Gasteiger partial charge in [-0.2, -0.15) is 0 Å². The highest BCUT2D eigenvalue weighted by molar-refractivity contribution is 7.14. The Morgan fingerprint density at radius 3 is 2.53 bits per heavy atom. The van der Waals surface area contributed by atoms with E-state index in [9.17, 15) is 19.5 Å². The lowest BCUT2D eigenvalue weighted by Gasteiger charge is -2.30. The van der Waals surface area contributed by atoms with Gasteiger partial charge in [0.1, 0.15) is 11.0 Å². The van der Waals surface area contributed by atoms with E-state index in [2.05, 4.69) is 6.92 Å². The van der Waals surface area contributed by atoms with Crippen molar-refractivity contribution in [3.8, 4) is 0 Å². The Morgan fingerprint density at radius 2 is 1.93 bits per heavy atom. The number of carboxylic acids is 1. The van der Waals surface area contributed by atoms with Crippen LogP contribution in [0.4, 0.5) is 5.69 Å². The number of rotatable bonds is 10. The number of hydrogen-bond donors (Lipinski definition) is 1. The maximum absolute atomic E-state index is 12.7. The summed E-state index contributed by atoms with van der Waals surface area (Å²) in [6, 6.07) is 10.3. The van der Waals surface area contributed by atoms with Gasteiger partial charge in [0.15, 0.2) is 5.78 Å². The van der Waals surface area contributed by atoms with E-state index in [-0.39, 0.29) is 22.6 Å². The fourth-order valence-electron chi connectivity index (χ4n) is 3.90. The van der Waals surface area contributed by atoms with Crippen LogP contribution in [0.1, 0.15) is 76.5 Å². The number of benzene rings is 1. The minimum Gasteiger partial charge on any atom is -0.477 e. The van der Waals surface area contributed by atoms with Crippen LogP contribution in [0.15, 0.2) is 36.4 Å². The van der Waals surface area contributed by atoms with Gasteiger partial charge in [-0.1, -0.05) is 19.8 Å². The molecule has 1 fully saturated rings. The van der Waals surface area contributed by atoms with Gasteiger partial charge in [0.25, 0.3) is 0 Å². The van der Waals surface area contributed by atoms with Crippen molar-refractivity contribution in [2.75, 3.05) is 12.0 Å². The summed E-state index contributed by atoms with van der Waals surface area (Å²) in [4.78, 5) is 39.0. The molecule has 2 atom stereocenters. The molecule has 160 valence electrons. The van der Waals surface area contributed by atoms with Crippen molar-refractivity contribution in [2.45, 2.75) is 57.6 Å². The van der Waals surface area contributed by atoms with Crippen LogP contribution < -0.4 is 4.90 Å².